The van der Waals surface area contributed by atoms with E-state index in [2.05, 4.69) is 31.3 Å². The van der Waals surface area contributed by atoms with Gasteiger partial charge in [0.05, 0.1) is 30.6 Å². The SMILES string of the molecule is CCOC(=O)c1ccc(C(=O)Nc2ccnn2Cc2ccccc2Br)nc1C. The van der Waals surface area contributed by atoms with Crippen LogP contribution in [0.1, 0.15) is 39.0 Å². The fraction of sp³-hybridized carbons (Fsp3) is 0.200. The number of esters is 1. The van der Waals surface area contributed by atoms with E-state index in [-0.39, 0.29) is 18.2 Å². The summed E-state index contributed by atoms with van der Waals surface area (Å²) in [7, 11) is 0. The number of hydrogen-bond donors (Lipinski definition) is 1. The van der Waals surface area contributed by atoms with E-state index < -0.39 is 5.97 Å². The van der Waals surface area contributed by atoms with Crippen LogP contribution < -0.4 is 5.32 Å². The third-order valence-corrected chi connectivity index (χ3v) is 4.82. The number of rotatable bonds is 6. The lowest BCUT2D eigenvalue weighted by Crippen LogP contribution is -2.18. The molecule has 1 aromatic carbocycles. The molecule has 0 aliphatic carbocycles. The molecule has 2 heterocycles. The summed E-state index contributed by atoms with van der Waals surface area (Å²) in [4.78, 5) is 28.7. The summed E-state index contributed by atoms with van der Waals surface area (Å²) in [6, 6.07) is 12.6. The molecule has 0 bridgehead atoms. The van der Waals surface area contributed by atoms with Gasteiger partial charge >= 0.3 is 5.97 Å². The van der Waals surface area contributed by atoms with Gasteiger partial charge in [-0.25, -0.2) is 14.5 Å². The van der Waals surface area contributed by atoms with Crippen molar-refractivity contribution in [2.24, 2.45) is 0 Å². The molecule has 0 saturated heterocycles. The van der Waals surface area contributed by atoms with Crippen LogP contribution in [0.5, 0.6) is 0 Å². The number of nitrogens with one attached hydrogen (secondary N) is 1. The van der Waals surface area contributed by atoms with Crippen molar-refractivity contribution in [3.63, 3.8) is 0 Å². The number of aromatic nitrogens is 3. The lowest BCUT2D eigenvalue weighted by atomic mass is 10.2. The number of ether oxygens (including phenoxy) is 1. The van der Waals surface area contributed by atoms with Crippen LogP contribution in [0, 0.1) is 6.92 Å². The fourth-order valence-electron chi connectivity index (χ4n) is 2.65. The molecule has 3 aromatic rings. The monoisotopic (exact) mass is 442 g/mol. The number of carbonyl (C=O) groups is 2. The van der Waals surface area contributed by atoms with Gasteiger partial charge in [0.2, 0.25) is 0 Å². The number of anilines is 1. The van der Waals surface area contributed by atoms with Gasteiger partial charge in [-0.1, -0.05) is 34.1 Å². The largest absolute Gasteiger partial charge is 0.462 e. The van der Waals surface area contributed by atoms with Crippen LogP contribution >= 0.6 is 15.9 Å². The number of pyridine rings is 1. The van der Waals surface area contributed by atoms with Crippen LogP contribution in [-0.4, -0.2) is 33.2 Å². The maximum Gasteiger partial charge on any atom is 0.339 e. The van der Waals surface area contributed by atoms with Crippen molar-refractivity contribution >= 4 is 33.6 Å². The molecule has 0 aliphatic heterocycles. The molecule has 0 saturated carbocycles. The third kappa shape index (κ3) is 4.45. The summed E-state index contributed by atoms with van der Waals surface area (Å²) in [5.74, 6) is -0.284. The zero-order valence-electron chi connectivity index (χ0n) is 15.5. The number of halogens is 1. The first-order chi connectivity index (χ1) is 13.5. The molecule has 0 aliphatic rings. The minimum absolute atomic E-state index is 0.208. The summed E-state index contributed by atoms with van der Waals surface area (Å²) in [6.07, 6.45) is 1.62. The van der Waals surface area contributed by atoms with E-state index in [0.29, 0.717) is 23.6 Å². The van der Waals surface area contributed by atoms with Gasteiger partial charge in [-0.3, -0.25) is 4.79 Å². The number of amides is 1. The Hall–Kier alpha value is -3.00. The Bertz CT molecular complexity index is 1020. The summed E-state index contributed by atoms with van der Waals surface area (Å²) in [5.41, 5.74) is 2.03. The van der Waals surface area contributed by atoms with Gasteiger partial charge in [-0.15, -0.1) is 0 Å². The smallest absolute Gasteiger partial charge is 0.339 e. The highest BCUT2D eigenvalue weighted by Crippen LogP contribution is 2.19. The summed E-state index contributed by atoms with van der Waals surface area (Å²) >= 11 is 3.52. The summed E-state index contributed by atoms with van der Waals surface area (Å²) in [5, 5.41) is 7.09. The maximum atomic E-state index is 12.6. The average molecular weight is 443 g/mol. The lowest BCUT2D eigenvalue weighted by Gasteiger charge is -2.11. The zero-order valence-corrected chi connectivity index (χ0v) is 17.1. The van der Waals surface area contributed by atoms with E-state index in [1.165, 1.54) is 6.07 Å². The van der Waals surface area contributed by atoms with Gasteiger partial charge in [0.1, 0.15) is 11.5 Å². The molecule has 2 aromatic heterocycles. The van der Waals surface area contributed by atoms with Crippen LogP contribution in [0.15, 0.2) is 53.1 Å². The second-order valence-corrected chi connectivity index (χ2v) is 6.82. The first-order valence-corrected chi connectivity index (χ1v) is 9.50. The average Bonchev–Trinajstić information content (AvgIpc) is 3.10. The molecule has 0 unspecified atom stereocenters. The zero-order chi connectivity index (χ0) is 20.1. The molecule has 28 heavy (non-hydrogen) atoms. The fourth-order valence-corrected chi connectivity index (χ4v) is 3.06. The van der Waals surface area contributed by atoms with Crippen molar-refractivity contribution in [2.75, 3.05) is 11.9 Å². The highest BCUT2D eigenvalue weighted by Gasteiger charge is 2.16. The minimum atomic E-state index is -0.453. The number of aryl methyl sites for hydroxylation is 1. The maximum absolute atomic E-state index is 12.6. The van der Waals surface area contributed by atoms with Crippen LogP contribution in [0.4, 0.5) is 5.82 Å². The van der Waals surface area contributed by atoms with E-state index in [1.807, 2.05) is 24.3 Å². The summed E-state index contributed by atoms with van der Waals surface area (Å²) in [6.45, 7) is 4.18. The second-order valence-electron chi connectivity index (χ2n) is 5.97. The van der Waals surface area contributed by atoms with Crippen LogP contribution in [0.2, 0.25) is 0 Å². The standard InChI is InChI=1S/C20H19BrN4O3/c1-3-28-20(27)15-8-9-17(23-13(15)2)19(26)24-18-10-11-22-25(18)12-14-6-4-5-7-16(14)21/h4-11H,3,12H2,1-2H3,(H,24,26). The van der Waals surface area contributed by atoms with Crippen LogP contribution in [0.25, 0.3) is 0 Å². The molecule has 7 nitrogen and oxygen atoms in total. The van der Waals surface area contributed by atoms with E-state index in [9.17, 15) is 9.59 Å². The van der Waals surface area contributed by atoms with Crippen molar-refractivity contribution < 1.29 is 14.3 Å². The van der Waals surface area contributed by atoms with Crippen molar-refractivity contribution in [1.82, 2.24) is 14.8 Å². The number of nitrogens with zero attached hydrogens (tertiary/aromatic N) is 3. The van der Waals surface area contributed by atoms with Crippen molar-refractivity contribution in [3.8, 4) is 0 Å². The Balaban J connectivity index is 1.76. The third-order valence-electron chi connectivity index (χ3n) is 4.05. The van der Waals surface area contributed by atoms with Gasteiger partial charge in [0, 0.05) is 10.5 Å². The predicted molar refractivity (Wildman–Crippen MR) is 108 cm³/mol. The first kappa shape index (κ1) is 19.8. The Labute approximate surface area is 170 Å². The van der Waals surface area contributed by atoms with E-state index in [0.717, 1.165) is 10.0 Å². The quantitative estimate of drug-likeness (QED) is 0.586. The van der Waals surface area contributed by atoms with Crippen molar-refractivity contribution in [3.05, 3.63) is 75.6 Å². The van der Waals surface area contributed by atoms with Crippen molar-refractivity contribution in [2.45, 2.75) is 20.4 Å². The Morgan fingerprint density at radius 3 is 2.68 bits per heavy atom. The number of hydrogen-bond acceptors (Lipinski definition) is 5. The van der Waals surface area contributed by atoms with Gasteiger partial charge < -0.3 is 10.1 Å². The molecule has 8 heteroatoms. The van der Waals surface area contributed by atoms with Gasteiger partial charge in [0.15, 0.2) is 0 Å². The van der Waals surface area contributed by atoms with Gasteiger partial charge in [-0.05, 0) is 37.6 Å². The Kier molecular flexibility index (Phi) is 6.20. The first-order valence-electron chi connectivity index (χ1n) is 8.71. The molecule has 1 amide bonds. The van der Waals surface area contributed by atoms with E-state index >= 15 is 0 Å². The lowest BCUT2D eigenvalue weighted by molar-refractivity contribution is 0.0524. The van der Waals surface area contributed by atoms with Gasteiger partial charge in [0.25, 0.3) is 5.91 Å². The number of benzene rings is 1. The molecule has 0 atom stereocenters. The van der Waals surface area contributed by atoms with Crippen LogP contribution in [-0.2, 0) is 11.3 Å². The number of carbonyl (C=O) groups excluding carboxylic acids is 2. The second kappa shape index (κ2) is 8.79. The molecule has 144 valence electrons. The topological polar surface area (TPSA) is 86.1 Å². The predicted octanol–water partition coefficient (Wildman–Crippen LogP) is 3.83. The van der Waals surface area contributed by atoms with Crippen LogP contribution in [0.3, 0.4) is 0 Å². The molecule has 0 spiro atoms. The summed E-state index contributed by atoms with van der Waals surface area (Å²) < 4.78 is 7.64. The molecule has 0 radical (unpaired) electrons. The highest BCUT2D eigenvalue weighted by atomic mass is 79.9. The molecule has 0 fully saturated rings. The Morgan fingerprint density at radius 1 is 1.18 bits per heavy atom. The normalized spacial score (nSPS) is 10.5. The Morgan fingerprint density at radius 2 is 1.96 bits per heavy atom. The molecular formula is C20H19BrN4O3. The van der Waals surface area contributed by atoms with E-state index in [4.69, 9.17) is 4.74 Å². The minimum Gasteiger partial charge on any atom is -0.462 e. The van der Waals surface area contributed by atoms with E-state index in [1.54, 1.807) is 36.9 Å². The highest BCUT2D eigenvalue weighted by molar-refractivity contribution is 9.10. The molecule has 3 rings (SSSR count). The van der Waals surface area contributed by atoms with Crippen molar-refractivity contribution in [1.29, 1.82) is 0 Å². The molecular weight excluding hydrogens is 424 g/mol. The van der Waals surface area contributed by atoms with Gasteiger partial charge in [-0.2, -0.15) is 5.10 Å². The molecule has 1 N–H and O–H groups in total.